The van der Waals surface area contributed by atoms with Crippen LogP contribution in [0, 0.1) is 25.6 Å². The number of carboxylic acid groups (broad SMARTS) is 1. The minimum Gasteiger partial charge on any atom is -0.544 e. The number of sulfonamides is 1. The monoisotopic (exact) mass is 743 g/mol. The Labute approximate surface area is 309 Å². The molecule has 0 unspecified atom stereocenters. The summed E-state index contributed by atoms with van der Waals surface area (Å²) in [6, 6.07) is 7.29. The third-order valence-electron chi connectivity index (χ3n) is 11.4. The average molecular weight is 744 g/mol. The van der Waals surface area contributed by atoms with Gasteiger partial charge in [0.05, 0.1) is 49.3 Å². The van der Waals surface area contributed by atoms with Gasteiger partial charge in [-0.2, -0.15) is 0 Å². The summed E-state index contributed by atoms with van der Waals surface area (Å²) in [5.41, 5.74) is 3.05. The number of piperidine rings is 2. The number of nitrogens with zero attached hydrogens (tertiary/aromatic N) is 7. The van der Waals surface area contributed by atoms with Crippen LogP contribution >= 0.6 is 0 Å². The number of likely N-dealkylation sites (tertiary alicyclic amines) is 1. The molecule has 0 N–H and O–H groups in total. The Bertz CT molecular complexity index is 1660. The average Bonchev–Trinajstić information content (AvgIpc) is 3.92. The maximum atomic E-state index is 14.5. The molecule has 14 heteroatoms. The van der Waals surface area contributed by atoms with Crippen LogP contribution in [0.3, 0.4) is 0 Å². The van der Waals surface area contributed by atoms with Crippen molar-refractivity contribution in [2.24, 2.45) is 5.92 Å². The maximum Gasteiger partial charge on any atom is 0.257 e. The van der Waals surface area contributed by atoms with Crippen molar-refractivity contribution in [1.82, 2.24) is 29.0 Å². The van der Waals surface area contributed by atoms with Crippen LogP contribution in [0.4, 0.5) is 4.39 Å². The summed E-state index contributed by atoms with van der Waals surface area (Å²) < 4.78 is 42.4. The molecule has 1 aromatic heterocycles. The Morgan fingerprint density at radius 3 is 2.10 bits per heavy atom. The molecule has 4 fully saturated rings. The van der Waals surface area contributed by atoms with E-state index in [2.05, 4.69) is 33.6 Å². The van der Waals surface area contributed by atoms with E-state index in [1.165, 1.54) is 12.4 Å². The van der Waals surface area contributed by atoms with Gasteiger partial charge in [0.1, 0.15) is 18.7 Å². The molecule has 12 nitrogen and oxygen atoms in total. The third kappa shape index (κ3) is 9.54. The highest BCUT2D eigenvalue weighted by atomic mass is 32.2. The molecule has 6 rings (SSSR count). The number of quaternary nitrogens is 1. The molecule has 0 radical (unpaired) electrons. The largest absolute Gasteiger partial charge is 0.544 e. The lowest BCUT2D eigenvalue weighted by Gasteiger charge is -2.54. The van der Waals surface area contributed by atoms with Crippen LogP contribution in [0.2, 0.25) is 0 Å². The number of amides is 1. The van der Waals surface area contributed by atoms with E-state index in [0.29, 0.717) is 36.2 Å². The van der Waals surface area contributed by atoms with E-state index >= 15 is 0 Å². The van der Waals surface area contributed by atoms with E-state index in [4.69, 9.17) is 0 Å². The molecule has 3 aliphatic heterocycles. The minimum atomic E-state index is -3.18. The fraction of sp³-hybridized carbons (Fsp3) is 0.684. The van der Waals surface area contributed by atoms with Crippen LogP contribution in [-0.2, 0) is 14.8 Å². The van der Waals surface area contributed by atoms with Crippen LogP contribution in [0.15, 0.2) is 30.6 Å². The first kappa shape index (κ1) is 40.2. The highest BCUT2D eigenvalue weighted by Gasteiger charge is 2.45. The molecule has 1 saturated carbocycles. The molecule has 0 spiro atoms. The summed E-state index contributed by atoms with van der Waals surface area (Å²) in [6.45, 7) is 13.6. The molecule has 3 saturated heterocycles. The number of hydrogen-bond acceptors (Lipinski definition) is 9. The molecule has 1 aliphatic carbocycles. The number of halogens is 1. The molecule has 1 amide bonds. The zero-order chi connectivity index (χ0) is 38.0. The standard InChI is InChI=1S/C33H47FN6O3S.C5H11NO2/c1-23-21-38(33(4)12-16-37(17-13-33)32(41)30-24(2)35-22-36-25(30)3)18-19-40(23)31(27-6-5-7-28(34)20-27)26-10-14-39(15-11-26)44(42,43)29-8-9-29;1-6(2,3)4-5(7)8/h5-7,20,22-23,26,29,31H,8-19,21H2,1-4H3;4H2,1-3H3/t23-,31-;/m1./s1. The van der Waals surface area contributed by atoms with E-state index in [9.17, 15) is 27.5 Å². The Hall–Kier alpha value is -3.04. The molecule has 2 atom stereocenters. The molecule has 2 aromatic rings. The number of aromatic nitrogens is 2. The van der Waals surface area contributed by atoms with E-state index in [1.807, 2.05) is 24.8 Å². The van der Waals surface area contributed by atoms with E-state index < -0.39 is 16.0 Å². The number of rotatable bonds is 9. The summed E-state index contributed by atoms with van der Waals surface area (Å²) in [5, 5.41) is 9.71. The molecular formula is C38H58FN7O5S. The first-order chi connectivity index (χ1) is 24.4. The molecule has 4 aliphatic rings. The maximum absolute atomic E-state index is 14.5. The lowest BCUT2D eigenvalue weighted by Crippen LogP contribution is -2.63. The van der Waals surface area contributed by atoms with E-state index in [1.54, 1.807) is 37.6 Å². The zero-order valence-electron chi connectivity index (χ0n) is 32.1. The number of carbonyl (C=O) groups excluding carboxylic acids is 2. The number of carboxylic acids is 1. The quantitative estimate of drug-likeness (QED) is 0.356. The number of hydrogen-bond donors (Lipinski definition) is 0. The van der Waals surface area contributed by atoms with Crippen molar-refractivity contribution in [2.75, 3.05) is 73.5 Å². The summed E-state index contributed by atoms with van der Waals surface area (Å²) >= 11 is 0. The molecule has 4 heterocycles. The first-order valence-electron chi connectivity index (χ1n) is 18.7. The Morgan fingerprint density at radius 1 is 0.981 bits per heavy atom. The molecule has 52 heavy (non-hydrogen) atoms. The zero-order valence-corrected chi connectivity index (χ0v) is 32.9. The first-order valence-corrected chi connectivity index (χ1v) is 20.2. The van der Waals surface area contributed by atoms with E-state index in [-0.39, 0.29) is 47.1 Å². The number of carbonyl (C=O) groups is 2. The Balaban J connectivity index is 0.000000587. The summed E-state index contributed by atoms with van der Waals surface area (Å²) in [6.07, 6.45) is 6.45. The van der Waals surface area contributed by atoms with Gasteiger partial charge >= 0.3 is 0 Å². The van der Waals surface area contributed by atoms with Crippen molar-refractivity contribution in [2.45, 2.75) is 89.1 Å². The third-order valence-corrected chi connectivity index (χ3v) is 13.8. The van der Waals surface area contributed by atoms with Crippen LogP contribution in [0.5, 0.6) is 0 Å². The van der Waals surface area contributed by atoms with Gasteiger partial charge in [0.2, 0.25) is 10.0 Å². The predicted octanol–water partition coefficient (Wildman–Crippen LogP) is 2.62. The van der Waals surface area contributed by atoms with Crippen molar-refractivity contribution in [3.05, 3.63) is 58.9 Å². The van der Waals surface area contributed by atoms with Crippen LogP contribution in [-0.4, -0.2) is 144 Å². The Morgan fingerprint density at radius 2 is 1.60 bits per heavy atom. The number of benzene rings is 1. The van der Waals surface area contributed by atoms with Gasteiger partial charge in [-0.3, -0.25) is 14.6 Å². The Kier molecular flexibility index (Phi) is 12.5. The van der Waals surface area contributed by atoms with Gasteiger partial charge < -0.3 is 19.3 Å². The highest BCUT2D eigenvalue weighted by molar-refractivity contribution is 7.90. The van der Waals surface area contributed by atoms with Gasteiger partial charge in [0.15, 0.2) is 0 Å². The van der Waals surface area contributed by atoms with Crippen molar-refractivity contribution in [3.63, 3.8) is 0 Å². The smallest absolute Gasteiger partial charge is 0.257 e. The summed E-state index contributed by atoms with van der Waals surface area (Å²) in [5.74, 6) is -0.948. The van der Waals surface area contributed by atoms with Crippen LogP contribution in [0.1, 0.15) is 85.7 Å². The second kappa shape index (κ2) is 16.1. The van der Waals surface area contributed by atoms with Gasteiger partial charge in [-0.25, -0.2) is 27.1 Å². The van der Waals surface area contributed by atoms with Gasteiger partial charge in [-0.05, 0) is 89.8 Å². The number of aliphatic carboxylic acids is 1. The van der Waals surface area contributed by atoms with Gasteiger partial charge in [0, 0.05) is 63.4 Å². The second-order valence-electron chi connectivity index (χ2n) is 16.5. The van der Waals surface area contributed by atoms with Crippen molar-refractivity contribution in [1.29, 1.82) is 0 Å². The van der Waals surface area contributed by atoms with Gasteiger partial charge in [-0.15, -0.1) is 0 Å². The second-order valence-corrected chi connectivity index (χ2v) is 18.8. The normalized spacial score (nSPS) is 23.1. The molecular weight excluding hydrogens is 686 g/mol. The van der Waals surface area contributed by atoms with Crippen molar-refractivity contribution < 1.29 is 32.0 Å². The lowest BCUT2D eigenvalue weighted by molar-refractivity contribution is -0.864. The summed E-state index contributed by atoms with van der Waals surface area (Å²) in [4.78, 5) is 38.9. The number of aryl methyl sites for hydroxylation is 2. The molecule has 1 aromatic carbocycles. The van der Waals surface area contributed by atoms with Gasteiger partial charge in [0.25, 0.3) is 5.91 Å². The van der Waals surface area contributed by atoms with E-state index in [0.717, 1.165) is 75.1 Å². The lowest BCUT2D eigenvalue weighted by atomic mass is 9.82. The SMILES string of the molecule is C[N+](C)(C)CC(=O)[O-].Cc1ncnc(C)c1C(=O)N1CCC(C)(N2CCN([C@@H](c3cccc(F)c3)C3CCN(S(=O)(=O)C4CC4)CC3)[C@H](C)C2)CC1. The number of piperazine rings is 1. The van der Waals surface area contributed by atoms with Crippen molar-refractivity contribution >= 4 is 21.9 Å². The van der Waals surface area contributed by atoms with Crippen molar-refractivity contribution in [3.8, 4) is 0 Å². The molecule has 0 bridgehead atoms. The van der Waals surface area contributed by atoms with Crippen LogP contribution < -0.4 is 5.11 Å². The van der Waals surface area contributed by atoms with Crippen LogP contribution in [0.25, 0.3) is 0 Å². The topological polar surface area (TPSA) is 130 Å². The summed E-state index contributed by atoms with van der Waals surface area (Å²) in [7, 11) is 2.23. The molecule has 288 valence electrons. The van der Waals surface area contributed by atoms with Gasteiger partial charge in [-0.1, -0.05) is 12.1 Å². The predicted molar refractivity (Wildman–Crippen MR) is 196 cm³/mol. The number of likely N-dealkylation sites (N-methyl/N-ethyl adjacent to an activating group) is 1. The highest BCUT2D eigenvalue weighted by Crippen LogP contribution is 2.41. The fourth-order valence-corrected chi connectivity index (χ4v) is 10.2. The fourth-order valence-electron chi connectivity index (χ4n) is 8.28. The minimum absolute atomic E-state index is 0.00866.